The molecule has 0 aromatic heterocycles. The second kappa shape index (κ2) is 28.9. The van der Waals surface area contributed by atoms with Crippen molar-refractivity contribution in [2.45, 2.75) is 117 Å². The molecule has 1 aromatic rings. The summed E-state index contributed by atoms with van der Waals surface area (Å²) in [5, 5.41) is 2.71. The zero-order valence-electron chi connectivity index (χ0n) is 26.6. The Hall–Kier alpha value is -2.16. The summed E-state index contributed by atoms with van der Waals surface area (Å²) in [6, 6.07) is 7.19. The van der Waals surface area contributed by atoms with Gasteiger partial charge in [-0.3, -0.25) is 9.59 Å². The van der Waals surface area contributed by atoms with Crippen LogP contribution in [0, 0.1) is 0 Å². The molecule has 0 heterocycles. The molecule has 42 heavy (non-hydrogen) atoms. The molecule has 8 nitrogen and oxygen atoms in total. The molecule has 0 aliphatic rings. The van der Waals surface area contributed by atoms with Gasteiger partial charge >= 0.3 is 5.97 Å². The van der Waals surface area contributed by atoms with Crippen molar-refractivity contribution in [1.29, 1.82) is 0 Å². The molecule has 1 rings (SSSR count). The monoisotopic (exact) mass is 593 g/mol. The van der Waals surface area contributed by atoms with Crippen molar-refractivity contribution in [2.24, 2.45) is 0 Å². The van der Waals surface area contributed by atoms with Crippen molar-refractivity contribution in [3.05, 3.63) is 24.3 Å². The predicted molar refractivity (Wildman–Crippen MR) is 169 cm³/mol. The fraction of sp³-hybridized carbons (Fsp3) is 0.765. The molecule has 1 aromatic carbocycles. The topological polar surface area (TPSA) is 92.3 Å². The van der Waals surface area contributed by atoms with Gasteiger partial charge in [0, 0.05) is 19.0 Å². The van der Waals surface area contributed by atoms with Gasteiger partial charge in [-0.25, -0.2) is 0 Å². The van der Waals surface area contributed by atoms with E-state index < -0.39 is 0 Å². The molecule has 0 saturated carbocycles. The number of carbonyl (C=O) groups is 2. The summed E-state index contributed by atoms with van der Waals surface area (Å²) >= 11 is 0. The van der Waals surface area contributed by atoms with E-state index in [1.54, 1.807) is 24.3 Å². The van der Waals surface area contributed by atoms with Gasteiger partial charge in [0.15, 0.2) is 0 Å². The average molecular weight is 594 g/mol. The van der Waals surface area contributed by atoms with Crippen molar-refractivity contribution >= 4 is 17.6 Å². The van der Waals surface area contributed by atoms with E-state index in [4.69, 9.17) is 23.7 Å². The van der Waals surface area contributed by atoms with Gasteiger partial charge < -0.3 is 29.0 Å². The number of nitrogens with one attached hydrogen (secondary N) is 1. The molecule has 242 valence electrons. The van der Waals surface area contributed by atoms with Crippen molar-refractivity contribution in [3.63, 3.8) is 0 Å². The Morgan fingerprint density at radius 3 is 1.48 bits per heavy atom. The number of unbranched alkanes of at least 4 members (excludes halogenated alkanes) is 14. The van der Waals surface area contributed by atoms with Gasteiger partial charge in [-0.1, -0.05) is 96.8 Å². The first-order valence-corrected chi connectivity index (χ1v) is 16.5. The molecule has 0 unspecified atom stereocenters. The number of hydrogen-bond donors (Lipinski definition) is 1. The first-order chi connectivity index (χ1) is 20.6. The number of esters is 1. The average Bonchev–Trinajstić information content (AvgIpc) is 2.98. The Morgan fingerprint density at radius 1 is 0.571 bits per heavy atom. The standard InChI is InChI=1S/C34H59NO7/c1-3-4-5-6-7-8-9-10-11-12-13-14-15-16-17-18-34(37)42-30-28-40-26-24-38-23-25-39-27-29-41-33-21-19-32(20-22-33)35-31(2)36/h19-22H,3-18,23-30H2,1-2H3,(H,35,36). The van der Waals surface area contributed by atoms with Crippen LogP contribution in [-0.2, 0) is 28.5 Å². The van der Waals surface area contributed by atoms with Crippen LogP contribution in [0.15, 0.2) is 24.3 Å². The highest BCUT2D eigenvalue weighted by molar-refractivity contribution is 5.88. The molecule has 0 bridgehead atoms. The molecule has 0 saturated heterocycles. The van der Waals surface area contributed by atoms with Gasteiger partial charge in [-0.2, -0.15) is 0 Å². The summed E-state index contributed by atoms with van der Waals surface area (Å²) in [4.78, 5) is 22.9. The van der Waals surface area contributed by atoms with Crippen LogP contribution in [0.5, 0.6) is 5.75 Å². The number of hydrogen-bond acceptors (Lipinski definition) is 7. The third-order valence-electron chi connectivity index (χ3n) is 6.89. The Balaban J connectivity index is 1.74. The summed E-state index contributed by atoms with van der Waals surface area (Å²) in [7, 11) is 0. The second-order valence-electron chi connectivity index (χ2n) is 10.8. The maximum absolute atomic E-state index is 11.8. The van der Waals surface area contributed by atoms with Gasteiger partial charge in [0.1, 0.15) is 19.0 Å². The van der Waals surface area contributed by atoms with Crippen LogP contribution in [-0.4, -0.2) is 64.7 Å². The smallest absolute Gasteiger partial charge is 0.305 e. The molecule has 0 aliphatic heterocycles. The number of rotatable bonds is 30. The van der Waals surface area contributed by atoms with Crippen molar-refractivity contribution < 1.29 is 33.3 Å². The maximum atomic E-state index is 11.8. The summed E-state index contributed by atoms with van der Waals surface area (Å²) in [6.07, 6.45) is 20.2. The molecule has 1 N–H and O–H groups in total. The van der Waals surface area contributed by atoms with Gasteiger partial charge in [0.05, 0.1) is 39.6 Å². The molecule has 0 radical (unpaired) electrons. The molecule has 8 heteroatoms. The number of benzene rings is 1. The fourth-order valence-corrected chi connectivity index (χ4v) is 4.53. The molecule has 1 amide bonds. The minimum absolute atomic E-state index is 0.104. The third kappa shape index (κ3) is 25.5. The highest BCUT2D eigenvalue weighted by atomic mass is 16.6. The first-order valence-electron chi connectivity index (χ1n) is 16.5. The SMILES string of the molecule is CCCCCCCCCCCCCCCCCC(=O)OCCOCCOCCOCCOc1ccc(NC(C)=O)cc1. The number of anilines is 1. The predicted octanol–water partition coefficient (Wildman–Crippen LogP) is 7.88. The van der Waals surface area contributed by atoms with Crippen molar-refractivity contribution in [1.82, 2.24) is 0 Å². The Morgan fingerprint density at radius 2 is 1.00 bits per heavy atom. The van der Waals surface area contributed by atoms with Crippen LogP contribution in [0.3, 0.4) is 0 Å². The molecular weight excluding hydrogens is 534 g/mol. The zero-order valence-corrected chi connectivity index (χ0v) is 26.6. The minimum Gasteiger partial charge on any atom is -0.491 e. The Kier molecular flexibility index (Phi) is 26.1. The van der Waals surface area contributed by atoms with Crippen LogP contribution in [0.25, 0.3) is 0 Å². The lowest BCUT2D eigenvalue weighted by atomic mass is 10.0. The maximum Gasteiger partial charge on any atom is 0.305 e. The van der Waals surface area contributed by atoms with Gasteiger partial charge in [-0.05, 0) is 30.7 Å². The lowest BCUT2D eigenvalue weighted by Gasteiger charge is -2.09. The Labute approximate surface area is 255 Å². The summed E-state index contributed by atoms with van der Waals surface area (Å²) < 4.78 is 27.3. The minimum atomic E-state index is -0.132. The van der Waals surface area contributed by atoms with Gasteiger partial charge in [0.2, 0.25) is 5.91 Å². The van der Waals surface area contributed by atoms with E-state index in [1.165, 1.54) is 90.4 Å². The third-order valence-corrected chi connectivity index (χ3v) is 6.89. The molecule has 0 atom stereocenters. The van der Waals surface area contributed by atoms with E-state index >= 15 is 0 Å². The number of carbonyl (C=O) groups excluding carboxylic acids is 2. The van der Waals surface area contributed by atoms with Crippen LogP contribution in [0.2, 0.25) is 0 Å². The quantitative estimate of drug-likeness (QED) is 0.0716. The van der Waals surface area contributed by atoms with Gasteiger partial charge in [-0.15, -0.1) is 0 Å². The lowest BCUT2D eigenvalue weighted by Crippen LogP contribution is -2.14. The molecular formula is C34H59NO7. The van der Waals surface area contributed by atoms with Crippen LogP contribution < -0.4 is 10.1 Å². The van der Waals surface area contributed by atoms with Gasteiger partial charge in [0.25, 0.3) is 0 Å². The molecule has 0 fully saturated rings. The summed E-state index contributed by atoms with van der Waals surface area (Å²) in [5.41, 5.74) is 0.735. The number of ether oxygens (including phenoxy) is 5. The van der Waals surface area contributed by atoms with E-state index in [2.05, 4.69) is 12.2 Å². The normalized spacial score (nSPS) is 11.0. The van der Waals surface area contributed by atoms with Crippen LogP contribution in [0.4, 0.5) is 5.69 Å². The fourth-order valence-electron chi connectivity index (χ4n) is 4.53. The largest absolute Gasteiger partial charge is 0.491 e. The highest BCUT2D eigenvalue weighted by Gasteiger charge is 2.03. The van der Waals surface area contributed by atoms with Crippen molar-refractivity contribution in [2.75, 3.05) is 58.2 Å². The number of amides is 1. The van der Waals surface area contributed by atoms with E-state index in [0.29, 0.717) is 52.7 Å². The van der Waals surface area contributed by atoms with Crippen molar-refractivity contribution in [3.8, 4) is 5.75 Å². The van der Waals surface area contributed by atoms with E-state index in [-0.39, 0.29) is 18.5 Å². The van der Waals surface area contributed by atoms with E-state index in [1.807, 2.05) is 0 Å². The summed E-state index contributed by atoms with van der Waals surface area (Å²) in [6.45, 7) is 7.17. The first kappa shape index (κ1) is 37.9. The molecule has 0 aliphatic carbocycles. The van der Waals surface area contributed by atoms with E-state index in [9.17, 15) is 9.59 Å². The molecule has 0 spiro atoms. The second-order valence-corrected chi connectivity index (χ2v) is 10.8. The van der Waals surface area contributed by atoms with E-state index in [0.717, 1.165) is 24.3 Å². The zero-order chi connectivity index (χ0) is 30.4. The Bertz CT molecular complexity index is 757. The van der Waals surface area contributed by atoms with Crippen LogP contribution in [0.1, 0.15) is 117 Å². The van der Waals surface area contributed by atoms with Crippen LogP contribution >= 0.6 is 0 Å². The summed E-state index contributed by atoms with van der Waals surface area (Å²) in [5.74, 6) is 0.483. The highest BCUT2D eigenvalue weighted by Crippen LogP contribution is 2.16. The lowest BCUT2D eigenvalue weighted by molar-refractivity contribution is -0.145.